The first-order valence-electron chi connectivity index (χ1n) is 6.06. The lowest BCUT2D eigenvalue weighted by Crippen LogP contribution is -1.91. The van der Waals surface area contributed by atoms with E-state index < -0.39 is 0 Å². The van der Waals surface area contributed by atoms with E-state index in [-0.39, 0.29) is 5.38 Å². The van der Waals surface area contributed by atoms with Crippen LogP contribution in [-0.4, -0.2) is 0 Å². The molecule has 0 amide bonds. The molecule has 1 atom stereocenters. The number of alkyl halides is 1. The number of halogens is 1. The standard InChI is InChI=1S/C16H17Cl/c1-2-16(17)15-10-8-14(9-11-15)12-13-6-4-3-5-7-13/h3-11,16H,2,12H2,1H3. The lowest BCUT2D eigenvalue weighted by molar-refractivity contribution is 0.882. The molecule has 0 heterocycles. The summed E-state index contributed by atoms with van der Waals surface area (Å²) in [4.78, 5) is 0. The minimum atomic E-state index is 0.140. The quantitative estimate of drug-likeness (QED) is 0.667. The van der Waals surface area contributed by atoms with Crippen LogP contribution in [0.15, 0.2) is 54.6 Å². The normalized spacial score (nSPS) is 12.4. The van der Waals surface area contributed by atoms with Gasteiger partial charge in [-0.15, -0.1) is 11.6 Å². The second kappa shape index (κ2) is 5.88. The fourth-order valence-electron chi connectivity index (χ4n) is 1.91. The Labute approximate surface area is 108 Å². The predicted molar refractivity (Wildman–Crippen MR) is 74.6 cm³/mol. The van der Waals surface area contributed by atoms with Crippen LogP contribution in [-0.2, 0) is 6.42 Å². The lowest BCUT2D eigenvalue weighted by atomic mass is 10.0. The average molecular weight is 245 g/mol. The van der Waals surface area contributed by atoms with Crippen LogP contribution in [0, 0.1) is 0 Å². The van der Waals surface area contributed by atoms with Crippen molar-refractivity contribution in [3.63, 3.8) is 0 Å². The van der Waals surface area contributed by atoms with Crippen molar-refractivity contribution in [2.45, 2.75) is 25.1 Å². The molecule has 17 heavy (non-hydrogen) atoms. The summed E-state index contributed by atoms with van der Waals surface area (Å²) in [7, 11) is 0. The maximum atomic E-state index is 6.20. The molecule has 0 aliphatic carbocycles. The molecule has 2 aromatic rings. The van der Waals surface area contributed by atoms with Crippen LogP contribution in [0.4, 0.5) is 0 Å². The van der Waals surface area contributed by atoms with Crippen molar-refractivity contribution in [2.24, 2.45) is 0 Å². The van der Waals surface area contributed by atoms with E-state index in [0.717, 1.165) is 12.8 Å². The van der Waals surface area contributed by atoms with Crippen molar-refractivity contribution in [1.82, 2.24) is 0 Å². The monoisotopic (exact) mass is 244 g/mol. The first-order valence-corrected chi connectivity index (χ1v) is 6.50. The van der Waals surface area contributed by atoms with E-state index in [4.69, 9.17) is 11.6 Å². The Bertz CT molecular complexity index is 445. The third-order valence-corrected chi connectivity index (χ3v) is 3.51. The smallest absolute Gasteiger partial charge is 0.0582 e. The molecule has 0 fully saturated rings. The molecule has 0 aliphatic heterocycles. The van der Waals surface area contributed by atoms with Gasteiger partial charge >= 0.3 is 0 Å². The van der Waals surface area contributed by atoms with Gasteiger partial charge in [0.25, 0.3) is 0 Å². The zero-order valence-electron chi connectivity index (χ0n) is 10.1. The van der Waals surface area contributed by atoms with Crippen LogP contribution in [0.5, 0.6) is 0 Å². The van der Waals surface area contributed by atoms with Gasteiger partial charge in [-0.2, -0.15) is 0 Å². The Kier molecular flexibility index (Phi) is 4.22. The molecule has 0 nitrogen and oxygen atoms in total. The molecule has 1 unspecified atom stereocenters. The van der Waals surface area contributed by atoms with Crippen LogP contribution in [0.2, 0.25) is 0 Å². The zero-order valence-corrected chi connectivity index (χ0v) is 10.8. The molecule has 1 heteroatoms. The Balaban J connectivity index is 2.08. The van der Waals surface area contributed by atoms with Crippen molar-refractivity contribution in [3.05, 3.63) is 71.3 Å². The topological polar surface area (TPSA) is 0 Å². The number of hydrogen-bond acceptors (Lipinski definition) is 0. The van der Waals surface area contributed by atoms with Crippen molar-refractivity contribution in [1.29, 1.82) is 0 Å². The number of hydrogen-bond donors (Lipinski definition) is 0. The molecule has 0 bridgehead atoms. The average Bonchev–Trinajstić information content (AvgIpc) is 2.40. The highest BCUT2D eigenvalue weighted by Crippen LogP contribution is 2.24. The molecule has 2 rings (SSSR count). The van der Waals surface area contributed by atoms with E-state index in [1.165, 1.54) is 16.7 Å². The van der Waals surface area contributed by atoms with Gasteiger partial charge in [-0.05, 0) is 29.5 Å². The van der Waals surface area contributed by atoms with Gasteiger partial charge in [-0.1, -0.05) is 61.5 Å². The highest BCUT2D eigenvalue weighted by atomic mass is 35.5. The van der Waals surface area contributed by atoms with E-state index in [9.17, 15) is 0 Å². The third kappa shape index (κ3) is 3.34. The number of rotatable bonds is 4. The maximum Gasteiger partial charge on any atom is 0.0582 e. The van der Waals surface area contributed by atoms with Crippen LogP contribution in [0.3, 0.4) is 0 Å². The molecular weight excluding hydrogens is 228 g/mol. The molecule has 0 radical (unpaired) electrons. The number of benzene rings is 2. The molecule has 0 N–H and O–H groups in total. The third-order valence-electron chi connectivity index (χ3n) is 2.95. The largest absolute Gasteiger partial charge is 0.118 e. The van der Waals surface area contributed by atoms with Gasteiger partial charge in [-0.25, -0.2) is 0 Å². The second-order valence-electron chi connectivity index (χ2n) is 4.28. The highest BCUT2D eigenvalue weighted by Gasteiger charge is 2.04. The summed E-state index contributed by atoms with van der Waals surface area (Å²) in [6, 6.07) is 19.1. The summed E-state index contributed by atoms with van der Waals surface area (Å²) >= 11 is 6.20. The summed E-state index contributed by atoms with van der Waals surface area (Å²) in [5.74, 6) is 0. The second-order valence-corrected chi connectivity index (χ2v) is 4.81. The van der Waals surface area contributed by atoms with Gasteiger partial charge < -0.3 is 0 Å². The predicted octanol–water partition coefficient (Wildman–Crippen LogP) is 4.97. The van der Waals surface area contributed by atoms with Gasteiger partial charge in [0.05, 0.1) is 5.38 Å². The summed E-state index contributed by atoms with van der Waals surface area (Å²) < 4.78 is 0. The summed E-state index contributed by atoms with van der Waals surface area (Å²) in [6.07, 6.45) is 1.96. The Morgan fingerprint density at radius 1 is 0.882 bits per heavy atom. The minimum Gasteiger partial charge on any atom is -0.118 e. The van der Waals surface area contributed by atoms with Gasteiger partial charge in [0, 0.05) is 0 Å². The first-order chi connectivity index (χ1) is 8.29. The van der Waals surface area contributed by atoms with Crippen molar-refractivity contribution in [3.8, 4) is 0 Å². The Hall–Kier alpha value is -1.27. The van der Waals surface area contributed by atoms with Gasteiger partial charge in [0.15, 0.2) is 0 Å². The molecule has 0 aromatic heterocycles. The van der Waals surface area contributed by atoms with Crippen LogP contribution < -0.4 is 0 Å². The lowest BCUT2D eigenvalue weighted by Gasteiger charge is -2.08. The summed E-state index contributed by atoms with van der Waals surface area (Å²) in [5, 5.41) is 0.140. The summed E-state index contributed by atoms with van der Waals surface area (Å²) in [5.41, 5.74) is 3.89. The molecular formula is C16H17Cl. The van der Waals surface area contributed by atoms with E-state index in [1.807, 2.05) is 6.07 Å². The van der Waals surface area contributed by atoms with E-state index in [2.05, 4.69) is 55.5 Å². The first kappa shape index (κ1) is 12.2. The van der Waals surface area contributed by atoms with Crippen molar-refractivity contribution >= 4 is 11.6 Å². The van der Waals surface area contributed by atoms with E-state index in [1.54, 1.807) is 0 Å². The fourth-order valence-corrected chi connectivity index (χ4v) is 2.06. The van der Waals surface area contributed by atoms with E-state index >= 15 is 0 Å². The molecule has 0 aliphatic rings. The summed E-state index contributed by atoms with van der Waals surface area (Å²) in [6.45, 7) is 2.11. The SMILES string of the molecule is CCC(Cl)c1ccc(Cc2ccccc2)cc1. The Morgan fingerprint density at radius 2 is 1.47 bits per heavy atom. The molecule has 0 saturated heterocycles. The maximum absolute atomic E-state index is 6.20. The van der Waals surface area contributed by atoms with Crippen LogP contribution >= 0.6 is 11.6 Å². The van der Waals surface area contributed by atoms with Crippen LogP contribution in [0.1, 0.15) is 35.4 Å². The molecule has 0 saturated carbocycles. The van der Waals surface area contributed by atoms with Crippen molar-refractivity contribution < 1.29 is 0 Å². The van der Waals surface area contributed by atoms with E-state index in [0.29, 0.717) is 0 Å². The molecule has 88 valence electrons. The minimum absolute atomic E-state index is 0.140. The van der Waals surface area contributed by atoms with Crippen molar-refractivity contribution in [2.75, 3.05) is 0 Å². The molecule has 0 spiro atoms. The van der Waals surface area contributed by atoms with Gasteiger partial charge in [0.1, 0.15) is 0 Å². The zero-order chi connectivity index (χ0) is 12.1. The fraction of sp³-hybridized carbons (Fsp3) is 0.250. The van der Waals surface area contributed by atoms with Gasteiger partial charge in [-0.3, -0.25) is 0 Å². The van der Waals surface area contributed by atoms with Crippen LogP contribution in [0.25, 0.3) is 0 Å². The molecule has 2 aromatic carbocycles. The Morgan fingerprint density at radius 3 is 2.06 bits per heavy atom. The van der Waals surface area contributed by atoms with Gasteiger partial charge in [0.2, 0.25) is 0 Å². The highest BCUT2D eigenvalue weighted by molar-refractivity contribution is 6.20.